The van der Waals surface area contributed by atoms with Crippen molar-refractivity contribution in [3.8, 4) is 0 Å². The normalized spacial score (nSPS) is 42.1. The Morgan fingerprint density at radius 2 is 1.68 bits per heavy atom. The molecule has 108 valence electrons. The smallest absolute Gasteiger partial charge is 0.227 e. The molecule has 4 aliphatic rings. The van der Waals surface area contributed by atoms with Gasteiger partial charge in [-0.2, -0.15) is 0 Å². The Balaban J connectivity index is 0.00000110. The van der Waals surface area contributed by atoms with Gasteiger partial charge in [-0.3, -0.25) is 9.69 Å². The molecule has 0 radical (unpaired) electrons. The third-order valence-electron chi connectivity index (χ3n) is 5.85. The first-order valence-corrected chi connectivity index (χ1v) is 7.89. The highest BCUT2D eigenvalue weighted by molar-refractivity contribution is 5.85. The van der Waals surface area contributed by atoms with Crippen molar-refractivity contribution in [2.45, 2.75) is 57.0 Å². The largest absolute Gasteiger partial charge is 0.339 e. The summed E-state index contributed by atoms with van der Waals surface area (Å²) in [6, 6.07) is 1.18. The fourth-order valence-electron chi connectivity index (χ4n) is 5.04. The molecule has 0 aromatic heterocycles. The van der Waals surface area contributed by atoms with Crippen LogP contribution in [0.1, 0.15) is 44.9 Å². The number of rotatable bonds is 0. The fourth-order valence-corrected chi connectivity index (χ4v) is 5.04. The topological polar surface area (TPSA) is 23.6 Å². The monoisotopic (exact) mass is 284 g/mol. The van der Waals surface area contributed by atoms with Gasteiger partial charge >= 0.3 is 0 Å². The van der Waals surface area contributed by atoms with Crippen LogP contribution in [-0.4, -0.2) is 47.4 Å². The van der Waals surface area contributed by atoms with Crippen molar-refractivity contribution >= 4 is 18.3 Å². The highest BCUT2D eigenvalue weighted by Gasteiger charge is 2.50. The molecular formula is C15H25ClN2O. The van der Waals surface area contributed by atoms with Crippen molar-refractivity contribution < 1.29 is 4.79 Å². The van der Waals surface area contributed by atoms with Gasteiger partial charge in [0.15, 0.2) is 0 Å². The zero-order chi connectivity index (χ0) is 12.1. The van der Waals surface area contributed by atoms with Crippen LogP contribution in [0.5, 0.6) is 0 Å². The lowest BCUT2D eigenvalue weighted by Gasteiger charge is -2.56. The van der Waals surface area contributed by atoms with E-state index in [4.69, 9.17) is 0 Å². The van der Waals surface area contributed by atoms with Crippen LogP contribution in [0.25, 0.3) is 0 Å². The zero-order valence-electron chi connectivity index (χ0n) is 11.6. The average Bonchev–Trinajstić information content (AvgIpc) is 2.44. The van der Waals surface area contributed by atoms with Crippen LogP contribution in [-0.2, 0) is 4.79 Å². The number of hydrogen-bond donors (Lipinski definition) is 0. The van der Waals surface area contributed by atoms with Gasteiger partial charge in [-0.1, -0.05) is 6.42 Å². The molecule has 4 atom stereocenters. The van der Waals surface area contributed by atoms with Gasteiger partial charge in [0.2, 0.25) is 5.91 Å². The van der Waals surface area contributed by atoms with E-state index in [1.807, 2.05) is 0 Å². The Bertz CT molecular complexity index is 360. The van der Waals surface area contributed by atoms with Gasteiger partial charge in [0, 0.05) is 25.2 Å². The van der Waals surface area contributed by atoms with Gasteiger partial charge in [0.25, 0.3) is 0 Å². The molecule has 0 aliphatic carbocycles. The fraction of sp³-hybridized carbons (Fsp3) is 0.933. The lowest BCUT2D eigenvalue weighted by atomic mass is 9.70. The van der Waals surface area contributed by atoms with Gasteiger partial charge in [-0.05, 0) is 51.0 Å². The number of hydrogen-bond acceptors (Lipinski definition) is 2. The van der Waals surface area contributed by atoms with Crippen LogP contribution in [0, 0.1) is 11.8 Å². The summed E-state index contributed by atoms with van der Waals surface area (Å²) in [6.07, 6.45) is 8.97. The quantitative estimate of drug-likeness (QED) is 0.681. The minimum absolute atomic E-state index is 0. The summed E-state index contributed by atoms with van der Waals surface area (Å²) in [4.78, 5) is 17.7. The molecule has 0 spiro atoms. The van der Waals surface area contributed by atoms with Crippen molar-refractivity contribution in [3.05, 3.63) is 0 Å². The summed E-state index contributed by atoms with van der Waals surface area (Å²) >= 11 is 0. The molecule has 0 N–H and O–H groups in total. The predicted molar refractivity (Wildman–Crippen MR) is 77.4 cm³/mol. The van der Waals surface area contributed by atoms with Crippen molar-refractivity contribution in [1.29, 1.82) is 0 Å². The third-order valence-corrected chi connectivity index (χ3v) is 5.85. The summed E-state index contributed by atoms with van der Waals surface area (Å²) < 4.78 is 0. The third kappa shape index (κ3) is 2.09. The summed E-state index contributed by atoms with van der Waals surface area (Å²) in [7, 11) is 0. The summed E-state index contributed by atoms with van der Waals surface area (Å²) in [5, 5.41) is 0. The molecule has 4 heterocycles. The van der Waals surface area contributed by atoms with E-state index < -0.39 is 0 Å². The number of piperidine rings is 4. The molecule has 0 aromatic rings. The van der Waals surface area contributed by atoms with Gasteiger partial charge < -0.3 is 4.90 Å². The van der Waals surface area contributed by atoms with Gasteiger partial charge in [-0.25, -0.2) is 0 Å². The van der Waals surface area contributed by atoms with E-state index >= 15 is 0 Å². The van der Waals surface area contributed by atoms with Gasteiger partial charge in [-0.15, -0.1) is 12.4 Å². The van der Waals surface area contributed by atoms with Gasteiger partial charge in [0.1, 0.15) is 0 Å². The first-order chi connectivity index (χ1) is 8.84. The molecule has 3 nitrogen and oxygen atoms in total. The summed E-state index contributed by atoms with van der Waals surface area (Å²) in [6.45, 7) is 3.57. The first-order valence-electron chi connectivity index (χ1n) is 7.89. The second-order valence-electron chi connectivity index (χ2n) is 6.76. The summed E-state index contributed by atoms with van der Waals surface area (Å²) in [5.41, 5.74) is 0. The zero-order valence-corrected chi connectivity index (χ0v) is 12.4. The average molecular weight is 285 g/mol. The molecule has 0 unspecified atom stereocenters. The molecule has 4 rings (SSSR count). The highest BCUT2D eigenvalue weighted by atomic mass is 35.5. The van der Waals surface area contributed by atoms with Crippen molar-refractivity contribution in [3.63, 3.8) is 0 Å². The molecule has 4 aliphatic heterocycles. The standard InChI is InChI=1S/C15H24N2O.ClH/c18-15-12-9-11(13-5-2-4-8-17(13)15)10-16-7-3-1-6-14(12)16;/h11-14H,1-10H2;1H/t11-,12+,13-,14+;/m0./s1. The Morgan fingerprint density at radius 1 is 0.947 bits per heavy atom. The lowest BCUT2D eigenvalue weighted by molar-refractivity contribution is -0.158. The van der Waals surface area contributed by atoms with E-state index in [0.717, 1.165) is 12.5 Å². The maximum Gasteiger partial charge on any atom is 0.227 e. The molecule has 4 heteroatoms. The molecular weight excluding hydrogens is 260 g/mol. The molecule has 19 heavy (non-hydrogen) atoms. The molecule has 0 saturated carbocycles. The maximum atomic E-state index is 12.7. The molecule has 2 bridgehead atoms. The second kappa shape index (κ2) is 5.25. The Hall–Kier alpha value is -0.280. The first kappa shape index (κ1) is 13.7. The van der Waals surface area contributed by atoms with E-state index in [9.17, 15) is 4.79 Å². The number of carbonyl (C=O) groups is 1. The number of fused-ring (bicyclic) bond motifs is 6. The Morgan fingerprint density at radius 3 is 2.53 bits per heavy atom. The van der Waals surface area contributed by atoms with Gasteiger partial charge in [0.05, 0.1) is 5.92 Å². The minimum atomic E-state index is 0. The van der Waals surface area contributed by atoms with Crippen molar-refractivity contribution in [1.82, 2.24) is 9.80 Å². The van der Waals surface area contributed by atoms with Crippen LogP contribution in [0.3, 0.4) is 0 Å². The lowest BCUT2D eigenvalue weighted by Crippen LogP contribution is -2.65. The second-order valence-corrected chi connectivity index (χ2v) is 6.76. The molecule has 0 aromatic carbocycles. The van der Waals surface area contributed by atoms with E-state index in [-0.39, 0.29) is 12.4 Å². The molecule has 1 amide bonds. The summed E-state index contributed by atoms with van der Waals surface area (Å²) in [5.74, 6) is 1.63. The van der Waals surface area contributed by atoms with Crippen LogP contribution < -0.4 is 0 Å². The number of amides is 1. The van der Waals surface area contributed by atoms with Crippen LogP contribution in [0.2, 0.25) is 0 Å². The van der Waals surface area contributed by atoms with E-state index in [2.05, 4.69) is 9.80 Å². The Kier molecular flexibility index (Phi) is 3.78. The van der Waals surface area contributed by atoms with E-state index in [1.54, 1.807) is 0 Å². The molecule has 4 fully saturated rings. The number of carbonyl (C=O) groups excluding carboxylic acids is 1. The van der Waals surface area contributed by atoms with Crippen LogP contribution in [0.4, 0.5) is 0 Å². The van der Waals surface area contributed by atoms with Crippen molar-refractivity contribution in [2.75, 3.05) is 19.6 Å². The number of halogens is 1. The Labute approximate surface area is 122 Å². The number of nitrogens with zero attached hydrogens (tertiary/aromatic N) is 2. The van der Waals surface area contributed by atoms with E-state index in [1.165, 1.54) is 58.0 Å². The van der Waals surface area contributed by atoms with Crippen molar-refractivity contribution in [2.24, 2.45) is 11.8 Å². The van der Waals surface area contributed by atoms with Crippen LogP contribution in [0.15, 0.2) is 0 Å². The van der Waals surface area contributed by atoms with Crippen LogP contribution >= 0.6 is 12.4 Å². The SMILES string of the molecule is Cl.O=C1[C@@H]2C[C@@H](CN3CCCC[C@H]23)[C@@H]2CCCCN12. The molecule has 4 saturated heterocycles. The highest BCUT2D eigenvalue weighted by Crippen LogP contribution is 2.43. The maximum absolute atomic E-state index is 12.7. The minimum Gasteiger partial charge on any atom is -0.339 e. The predicted octanol–water partition coefficient (Wildman–Crippen LogP) is 2.29. The van der Waals surface area contributed by atoms with E-state index in [0.29, 0.717) is 23.9 Å².